The van der Waals surface area contributed by atoms with Crippen LogP contribution in [-0.4, -0.2) is 15.9 Å². The summed E-state index contributed by atoms with van der Waals surface area (Å²) in [5.41, 5.74) is 7.09. The summed E-state index contributed by atoms with van der Waals surface area (Å²) in [5.74, 6) is 2.37. The largest absolute Gasteiger partial charge is 0.399 e. The number of benzene rings is 1. The Kier molecular flexibility index (Phi) is 3.66. The van der Waals surface area contributed by atoms with Crippen LogP contribution in [0.4, 0.5) is 5.69 Å². The zero-order chi connectivity index (χ0) is 13.2. The molecule has 2 heterocycles. The van der Waals surface area contributed by atoms with E-state index in [1.54, 1.807) is 18.2 Å². The fourth-order valence-corrected chi connectivity index (χ4v) is 3.56. The lowest BCUT2D eigenvalue weighted by molar-refractivity contribution is 0.420. The van der Waals surface area contributed by atoms with Crippen LogP contribution in [0.15, 0.2) is 22.7 Å². The molecule has 1 aromatic carbocycles. The molecule has 1 unspecified atom stereocenters. The first-order valence-corrected chi connectivity index (χ1v) is 7.67. The number of rotatable bonds is 2. The van der Waals surface area contributed by atoms with Crippen LogP contribution in [0.25, 0.3) is 11.5 Å². The quantitative estimate of drug-likeness (QED) is 0.850. The maximum Gasteiger partial charge on any atom is 0.259 e. The number of nitrogens with zero attached hydrogens (tertiary/aromatic N) is 2. The van der Waals surface area contributed by atoms with E-state index in [1.807, 2.05) is 11.8 Å². The predicted molar refractivity (Wildman–Crippen MR) is 78.2 cm³/mol. The van der Waals surface area contributed by atoms with Gasteiger partial charge in [0.25, 0.3) is 5.89 Å². The Morgan fingerprint density at radius 2 is 2.26 bits per heavy atom. The second-order valence-electron chi connectivity index (χ2n) is 4.55. The number of anilines is 1. The fraction of sp³-hybridized carbons (Fsp3) is 0.385. The third-order valence-electron chi connectivity index (χ3n) is 3.13. The average Bonchev–Trinajstić information content (AvgIpc) is 2.92. The van der Waals surface area contributed by atoms with Crippen LogP contribution < -0.4 is 5.73 Å². The maximum atomic E-state index is 6.14. The Labute approximate surface area is 120 Å². The molecule has 1 aliphatic rings. The average molecular weight is 296 g/mol. The van der Waals surface area contributed by atoms with Crippen molar-refractivity contribution in [3.05, 3.63) is 29.0 Å². The minimum atomic E-state index is 0.339. The molecule has 0 aliphatic carbocycles. The molecule has 0 spiro atoms. The van der Waals surface area contributed by atoms with Gasteiger partial charge in [0.1, 0.15) is 0 Å². The first-order valence-electron chi connectivity index (χ1n) is 6.24. The van der Waals surface area contributed by atoms with E-state index in [1.165, 1.54) is 12.8 Å². The number of hydrogen-bond acceptors (Lipinski definition) is 5. The van der Waals surface area contributed by atoms with Gasteiger partial charge in [-0.15, -0.1) is 0 Å². The molecule has 1 fully saturated rings. The summed E-state index contributed by atoms with van der Waals surface area (Å²) in [7, 11) is 0. The van der Waals surface area contributed by atoms with Crippen molar-refractivity contribution in [3.63, 3.8) is 0 Å². The molecule has 4 nitrogen and oxygen atoms in total. The Hall–Kier alpha value is -1.20. The minimum Gasteiger partial charge on any atom is -0.399 e. The van der Waals surface area contributed by atoms with Crippen molar-refractivity contribution >= 4 is 29.1 Å². The number of halogens is 1. The lowest BCUT2D eigenvalue weighted by Crippen LogP contribution is -2.03. The van der Waals surface area contributed by atoms with Crippen molar-refractivity contribution in [2.24, 2.45) is 0 Å². The summed E-state index contributed by atoms with van der Waals surface area (Å²) in [6, 6.07) is 5.25. The van der Waals surface area contributed by atoms with E-state index in [9.17, 15) is 0 Å². The monoisotopic (exact) mass is 295 g/mol. The van der Waals surface area contributed by atoms with E-state index in [0.29, 0.717) is 27.4 Å². The van der Waals surface area contributed by atoms with Crippen molar-refractivity contribution < 1.29 is 4.52 Å². The van der Waals surface area contributed by atoms with Crippen LogP contribution in [0.2, 0.25) is 5.02 Å². The van der Waals surface area contributed by atoms with Gasteiger partial charge in [0.15, 0.2) is 5.82 Å². The lowest BCUT2D eigenvalue weighted by Gasteiger charge is -2.17. The predicted octanol–water partition coefficient (Wildman–Crippen LogP) is 3.93. The van der Waals surface area contributed by atoms with E-state index < -0.39 is 0 Å². The second kappa shape index (κ2) is 5.43. The van der Waals surface area contributed by atoms with Crippen LogP contribution in [-0.2, 0) is 0 Å². The fourth-order valence-electron chi connectivity index (χ4n) is 2.13. The summed E-state index contributed by atoms with van der Waals surface area (Å²) in [6.45, 7) is 0. The van der Waals surface area contributed by atoms with Gasteiger partial charge in [-0.25, -0.2) is 0 Å². The number of nitrogen functional groups attached to an aromatic ring is 1. The summed E-state index contributed by atoms with van der Waals surface area (Å²) in [6.07, 6.45) is 3.60. The minimum absolute atomic E-state index is 0.339. The first kappa shape index (κ1) is 12.8. The summed E-state index contributed by atoms with van der Waals surface area (Å²) < 4.78 is 5.33. The Balaban J connectivity index is 1.89. The van der Waals surface area contributed by atoms with E-state index in [2.05, 4.69) is 10.1 Å². The Bertz CT molecular complexity index is 581. The first-order chi connectivity index (χ1) is 9.24. The highest BCUT2D eigenvalue weighted by Gasteiger charge is 2.22. The highest BCUT2D eigenvalue weighted by molar-refractivity contribution is 7.99. The van der Waals surface area contributed by atoms with Crippen LogP contribution in [0, 0.1) is 0 Å². The SMILES string of the molecule is Nc1ccc(Cl)c(-c2nc(C3CCCCS3)no2)c1. The molecule has 19 heavy (non-hydrogen) atoms. The van der Waals surface area contributed by atoms with Crippen LogP contribution >= 0.6 is 23.4 Å². The smallest absolute Gasteiger partial charge is 0.259 e. The third kappa shape index (κ3) is 2.72. The topological polar surface area (TPSA) is 64.9 Å². The Morgan fingerprint density at radius 3 is 3.05 bits per heavy atom. The van der Waals surface area contributed by atoms with Gasteiger partial charge < -0.3 is 10.3 Å². The van der Waals surface area contributed by atoms with E-state index in [0.717, 1.165) is 18.0 Å². The molecule has 100 valence electrons. The summed E-state index contributed by atoms with van der Waals surface area (Å²) in [4.78, 5) is 4.47. The van der Waals surface area contributed by atoms with Crippen LogP contribution in [0.5, 0.6) is 0 Å². The normalized spacial score (nSPS) is 19.5. The van der Waals surface area contributed by atoms with Crippen molar-refractivity contribution in [2.45, 2.75) is 24.5 Å². The molecule has 6 heteroatoms. The molecule has 1 aromatic heterocycles. The molecule has 0 bridgehead atoms. The highest BCUT2D eigenvalue weighted by Crippen LogP contribution is 2.38. The van der Waals surface area contributed by atoms with Gasteiger partial charge in [0.05, 0.1) is 15.8 Å². The highest BCUT2D eigenvalue weighted by atomic mass is 35.5. The van der Waals surface area contributed by atoms with Gasteiger partial charge in [-0.05, 0) is 36.8 Å². The van der Waals surface area contributed by atoms with E-state index in [4.69, 9.17) is 21.9 Å². The van der Waals surface area contributed by atoms with Crippen molar-refractivity contribution in [1.82, 2.24) is 10.1 Å². The van der Waals surface area contributed by atoms with E-state index >= 15 is 0 Å². The van der Waals surface area contributed by atoms with Crippen LogP contribution in [0.1, 0.15) is 30.3 Å². The lowest BCUT2D eigenvalue weighted by atomic mass is 10.2. The number of nitrogens with two attached hydrogens (primary N) is 1. The van der Waals surface area contributed by atoms with Crippen molar-refractivity contribution in [2.75, 3.05) is 11.5 Å². The number of thioether (sulfide) groups is 1. The van der Waals surface area contributed by atoms with Gasteiger partial charge in [0.2, 0.25) is 0 Å². The molecule has 0 amide bonds. The molecule has 3 rings (SSSR count). The molecule has 0 radical (unpaired) electrons. The molecular weight excluding hydrogens is 282 g/mol. The summed E-state index contributed by atoms with van der Waals surface area (Å²) in [5, 5.41) is 4.99. The molecule has 2 N–H and O–H groups in total. The number of aromatic nitrogens is 2. The van der Waals surface area contributed by atoms with Crippen molar-refractivity contribution in [3.8, 4) is 11.5 Å². The zero-order valence-electron chi connectivity index (χ0n) is 10.3. The molecular formula is C13H14ClN3OS. The standard InChI is InChI=1S/C13H14ClN3OS/c14-10-5-4-8(15)7-9(10)13-16-12(17-18-13)11-3-1-2-6-19-11/h4-5,7,11H,1-3,6,15H2. The molecule has 0 saturated carbocycles. The third-order valence-corrected chi connectivity index (χ3v) is 4.83. The van der Waals surface area contributed by atoms with E-state index in [-0.39, 0.29) is 0 Å². The van der Waals surface area contributed by atoms with Gasteiger partial charge in [-0.1, -0.05) is 23.2 Å². The van der Waals surface area contributed by atoms with Gasteiger partial charge in [-0.2, -0.15) is 16.7 Å². The number of hydrogen-bond donors (Lipinski definition) is 1. The molecule has 1 saturated heterocycles. The van der Waals surface area contributed by atoms with Gasteiger partial charge in [-0.3, -0.25) is 0 Å². The van der Waals surface area contributed by atoms with Crippen molar-refractivity contribution in [1.29, 1.82) is 0 Å². The van der Waals surface area contributed by atoms with Crippen LogP contribution in [0.3, 0.4) is 0 Å². The molecule has 2 aromatic rings. The second-order valence-corrected chi connectivity index (χ2v) is 6.27. The summed E-state index contributed by atoms with van der Waals surface area (Å²) >= 11 is 8.03. The zero-order valence-corrected chi connectivity index (χ0v) is 11.9. The van der Waals surface area contributed by atoms with Gasteiger partial charge in [0, 0.05) is 5.69 Å². The maximum absolute atomic E-state index is 6.14. The molecule has 1 atom stereocenters. The van der Waals surface area contributed by atoms with Gasteiger partial charge >= 0.3 is 0 Å². The Morgan fingerprint density at radius 1 is 1.37 bits per heavy atom. The molecule has 1 aliphatic heterocycles.